The summed E-state index contributed by atoms with van der Waals surface area (Å²) in [5.74, 6) is 0.860. The van der Waals surface area contributed by atoms with E-state index < -0.39 is 10.0 Å². The van der Waals surface area contributed by atoms with Gasteiger partial charge in [-0.25, -0.2) is 8.42 Å². The van der Waals surface area contributed by atoms with Crippen molar-refractivity contribution in [1.29, 1.82) is 0 Å². The van der Waals surface area contributed by atoms with Crippen molar-refractivity contribution in [2.75, 3.05) is 13.2 Å². The lowest BCUT2D eigenvalue weighted by Crippen LogP contribution is -2.22. The Kier molecular flexibility index (Phi) is 6.88. The van der Waals surface area contributed by atoms with E-state index in [4.69, 9.17) is 4.74 Å². The Hall–Kier alpha value is -1.89. The second-order valence-electron chi connectivity index (χ2n) is 7.33. The van der Waals surface area contributed by atoms with E-state index in [2.05, 4.69) is 9.71 Å². The molecule has 2 aliphatic rings. The molecule has 1 aliphatic carbocycles. The smallest absolute Gasteiger partial charge is 0.305 e. The Bertz CT molecular complexity index is 783. The van der Waals surface area contributed by atoms with E-state index in [1.807, 2.05) is 0 Å². The molecule has 27 heavy (non-hydrogen) atoms. The first-order valence-electron chi connectivity index (χ1n) is 9.88. The number of carbonyl (C=O) groups excluding carboxylic acids is 1. The van der Waals surface area contributed by atoms with E-state index in [1.54, 1.807) is 24.3 Å². The number of benzene rings is 1. The predicted octanol–water partition coefficient (Wildman–Crippen LogP) is 3.41. The summed E-state index contributed by atoms with van der Waals surface area (Å²) in [5.41, 5.74) is 0.629. The van der Waals surface area contributed by atoms with Crippen LogP contribution in [0.2, 0.25) is 0 Å². The van der Waals surface area contributed by atoms with Crippen molar-refractivity contribution < 1.29 is 17.9 Å². The van der Waals surface area contributed by atoms with Crippen molar-refractivity contribution in [1.82, 2.24) is 4.72 Å². The molecule has 1 heterocycles. The highest BCUT2D eigenvalue weighted by Gasteiger charge is 2.29. The molecule has 1 fully saturated rings. The van der Waals surface area contributed by atoms with E-state index in [9.17, 15) is 13.2 Å². The Morgan fingerprint density at radius 3 is 2.70 bits per heavy atom. The van der Waals surface area contributed by atoms with Crippen LogP contribution in [-0.4, -0.2) is 33.4 Å². The molecule has 0 unspecified atom stereocenters. The van der Waals surface area contributed by atoms with Gasteiger partial charge in [0.15, 0.2) is 0 Å². The minimum Gasteiger partial charge on any atom is -0.465 e. The fourth-order valence-electron chi connectivity index (χ4n) is 3.64. The number of amidine groups is 1. The fraction of sp³-hybridized carbons (Fsp3) is 0.600. The van der Waals surface area contributed by atoms with Gasteiger partial charge >= 0.3 is 5.97 Å². The van der Waals surface area contributed by atoms with Crippen LogP contribution in [0.1, 0.15) is 63.4 Å². The summed E-state index contributed by atoms with van der Waals surface area (Å²) in [7, 11) is -3.47. The molecule has 1 N–H and O–H groups in total. The number of esters is 1. The zero-order valence-corrected chi connectivity index (χ0v) is 16.5. The number of hydrogen-bond donors (Lipinski definition) is 1. The van der Waals surface area contributed by atoms with E-state index in [1.165, 1.54) is 32.1 Å². The van der Waals surface area contributed by atoms with Crippen LogP contribution in [-0.2, 0) is 19.6 Å². The third-order valence-electron chi connectivity index (χ3n) is 5.18. The normalized spacial score (nSPS) is 20.2. The first-order valence-corrected chi connectivity index (χ1v) is 11.4. The maximum absolute atomic E-state index is 12.0. The van der Waals surface area contributed by atoms with Crippen molar-refractivity contribution in [3.05, 3.63) is 29.8 Å². The number of aliphatic imine (C=N–C) groups is 1. The molecule has 148 valence electrons. The predicted molar refractivity (Wildman–Crippen MR) is 104 cm³/mol. The summed E-state index contributed by atoms with van der Waals surface area (Å²) in [4.78, 5) is 16.5. The van der Waals surface area contributed by atoms with Gasteiger partial charge < -0.3 is 4.74 Å². The molecule has 0 bridgehead atoms. The zero-order valence-electron chi connectivity index (χ0n) is 15.7. The van der Waals surface area contributed by atoms with Gasteiger partial charge in [0.2, 0.25) is 0 Å². The molecule has 1 aromatic carbocycles. The Morgan fingerprint density at radius 1 is 1.11 bits per heavy atom. The second kappa shape index (κ2) is 9.35. The highest BCUT2D eigenvalue weighted by atomic mass is 32.2. The molecule has 0 spiro atoms. The molecule has 0 saturated heterocycles. The summed E-state index contributed by atoms with van der Waals surface area (Å²) in [5, 5.41) is 0. The number of sulfonamides is 1. The molecular formula is C20H28N2O4S. The molecule has 0 radical (unpaired) electrons. The van der Waals surface area contributed by atoms with Gasteiger partial charge in [-0.1, -0.05) is 37.8 Å². The summed E-state index contributed by atoms with van der Waals surface area (Å²) in [6, 6.07) is 6.84. The van der Waals surface area contributed by atoms with Gasteiger partial charge in [0.25, 0.3) is 10.0 Å². The van der Waals surface area contributed by atoms with Crippen molar-refractivity contribution in [2.24, 2.45) is 10.9 Å². The van der Waals surface area contributed by atoms with E-state index in [0.29, 0.717) is 36.9 Å². The lowest BCUT2D eigenvalue weighted by molar-refractivity contribution is -0.145. The minimum absolute atomic E-state index is 0.107. The molecule has 0 atom stereocenters. The first-order chi connectivity index (χ1) is 13.1. The Morgan fingerprint density at radius 2 is 1.89 bits per heavy atom. The summed E-state index contributed by atoms with van der Waals surface area (Å²) in [6.45, 7) is 1.11. The largest absolute Gasteiger partial charge is 0.465 e. The molecule has 6 nitrogen and oxygen atoms in total. The highest BCUT2D eigenvalue weighted by molar-refractivity contribution is 7.90. The SMILES string of the molecule is O=C(CCCCCN=C1NS(=O)(=O)c2ccccc21)OCC1CCCCC1. The van der Waals surface area contributed by atoms with Gasteiger partial charge in [-0.05, 0) is 43.7 Å². The Labute approximate surface area is 161 Å². The average Bonchev–Trinajstić information content (AvgIpc) is 2.94. The third-order valence-corrected chi connectivity index (χ3v) is 6.57. The van der Waals surface area contributed by atoms with Crippen LogP contribution in [0.4, 0.5) is 0 Å². The maximum atomic E-state index is 12.0. The number of fused-ring (bicyclic) bond motifs is 1. The van der Waals surface area contributed by atoms with Crippen LogP contribution in [0.5, 0.6) is 0 Å². The Balaban J connectivity index is 1.33. The lowest BCUT2D eigenvalue weighted by Gasteiger charge is -2.20. The van der Waals surface area contributed by atoms with Gasteiger partial charge in [0.05, 0.1) is 11.5 Å². The monoisotopic (exact) mass is 392 g/mol. The summed E-state index contributed by atoms with van der Waals surface area (Å²) in [6.07, 6.45) is 9.07. The lowest BCUT2D eigenvalue weighted by atomic mass is 9.90. The second-order valence-corrected chi connectivity index (χ2v) is 8.98. The van der Waals surface area contributed by atoms with Crippen molar-refractivity contribution >= 4 is 21.8 Å². The summed E-state index contributed by atoms with van der Waals surface area (Å²) >= 11 is 0. The fourth-order valence-corrected chi connectivity index (χ4v) is 4.89. The quantitative estimate of drug-likeness (QED) is 0.543. The van der Waals surface area contributed by atoms with E-state index in [-0.39, 0.29) is 10.9 Å². The molecule has 3 rings (SSSR count). The third kappa shape index (κ3) is 5.54. The van der Waals surface area contributed by atoms with E-state index >= 15 is 0 Å². The molecule has 1 aromatic rings. The number of nitrogens with zero attached hydrogens (tertiary/aromatic N) is 1. The molecular weight excluding hydrogens is 364 g/mol. The van der Waals surface area contributed by atoms with Gasteiger partial charge in [0.1, 0.15) is 5.84 Å². The first kappa shape index (κ1) is 19.9. The van der Waals surface area contributed by atoms with Crippen LogP contribution in [0.15, 0.2) is 34.2 Å². The van der Waals surface area contributed by atoms with Crippen LogP contribution in [0.25, 0.3) is 0 Å². The molecule has 0 amide bonds. The average molecular weight is 393 g/mol. The topological polar surface area (TPSA) is 84.8 Å². The van der Waals surface area contributed by atoms with Gasteiger partial charge in [-0.3, -0.25) is 14.5 Å². The van der Waals surface area contributed by atoms with Crippen LogP contribution in [0.3, 0.4) is 0 Å². The van der Waals surface area contributed by atoms with Crippen molar-refractivity contribution in [2.45, 2.75) is 62.7 Å². The van der Waals surface area contributed by atoms with Crippen LogP contribution < -0.4 is 4.72 Å². The van der Waals surface area contributed by atoms with Gasteiger partial charge in [-0.2, -0.15) is 0 Å². The number of nitrogens with one attached hydrogen (secondary N) is 1. The molecule has 1 aliphatic heterocycles. The van der Waals surface area contributed by atoms with Crippen molar-refractivity contribution in [3.8, 4) is 0 Å². The van der Waals surface area contributed by atoms with E-state index in [0.717, 1.165) is 19.3 Å². The van der Waals surface area contributed by atoms with Crippen LogP contribution >= 0.6 is 0 Å². The number of hydrogen-bond acceptors (Lipinski definition) is 5. The molecule has 1 saturated carbocycles. The number of unbranched alkanes of at least 4 members (excludes halogenated alkanes) is 2. The zero-order chi connectivity index (χ0) is 19.1. The standard InChI is InChI=1S/C20H28N2O4S/c23-19(26-15-16-9-3-1-4-10-16)13-5-2-8-14-21-20-17-11-6-7-12-18(17)27(24,25)22-20/h6-7,11-12,16H,1-5,8-10,13-15H2,(H,21,22). The molecule has 7 heteroatoms. The summed E-state index contributed by atoms with van der Waals surface area (Å²) < 4.78 is 31.9. The number of ether oxygens (including phenoxy) is 1. The van der Waals surface area contributed by atoms with Gasteiger partial charge in [-0.15, -0.1) is 0 Å². The van der Waals surface area contributed by atoms with Gasteiger partial charge in [0, 0.05) is 18.5 Å². The number of carbonyl (C=O) groups is 1. The minimum atomic E-state index is -3.47. The van der Waals surface area contributed by atoms with Crippen molar-refractivity contribution in [3.63, 3.8) is 0 Å². The maximum Gasteiger partial charge on any atom is 0.305 e. The number of rotatable bonds is 8. The van der Waals surface area contributed by atoms with Crippen LogP contribution in [0, 0.1) is 5.92 Å². The molecule has 0 aromatic heterocycles. The highest BCUT2D eigenvalue weighted by Crippen LogP contribution is 2.24.